The van der Waals surface area contributed by atoms with Gasteiger partial charge >= 0.3 is 0 Å². The number of hydrogen-bond acceptors (Lipinski definition) is 2. The third kappa shape index (κ3) is 1.30. The second-order valence-electron chi connectivity index (χ2n) is 4.04. The molecule has 0 aromatic carbocycles. The van der Waals surface area contributed by atoms with Crippen molar-refractivity contribution in [3.8, 4) is 0 Å². The highest BCUT2D eigenvalue weighted by molar-refractivity contribution is 4.94. The molecule has 1 saturated heterocycles. The Morgan fingerprint density at radius 1 is 1.09 bits per heavy atom. The molecule has 1 saturated carbocycles. The summed E-state index contributed by atoms with van der Waals surface area (Å²) in [6, 6.07) is 1.53. The van der Waals surface area contributed by atoms with Crippen LogP contribution in [-0.2, 0) is 0 Å². The van der Waals surface area contributed by atoms with E-state index in [1.165, 1.54) is 19.3 Å². The van der Waals surface area contributed by atoms with Crippen LogP contribution < -0.4 is 10.6 Å². The van der Waals surface area contributed by atoms with Gasteiger partial charge in [-0.15, -0.1) is 0 Å². The number of nitrogens with one attached hydrogen (secondary N) is 2. The van der Waals surface area contributed by atoms with Crippen molar-refractivity contribution in [2.45, 2.75) is 51.4 Å². The summed E-state index contributed by atoms with van der Waals surface area (Å²) in [6.45, 7) is 4.53. The first-order valence-electron chi connectivity index (χ1n) is 4.79. The van der Waals surface area contributed by atoms with Gasteiger partial charge in [0.05, 0.1) is 6.17 Å². The van der Waals surface area contributed by atoms with Gasteiger partial charge < -0.3 is 0 Å². The molecule has 1 aliphatic carbocycles. The molecular formula is C9H18N2. The van der Waals surface area contributed by atoms with E-state index in [0.717, 1.165) is 18.0 Å². The average molecular weight is 154 g/mol. The Morgan fingerprint density at radius 2 is 1.91 bits per heavy atom. The van der Waals surface area contributed by atoms with Gasteiger partial charge in [-0.05, 0) is 32.6 Å². The Hall–Kier alpha value is -0.0800. The summed E-state index contributed by atoms with van der Waals surface area (Å²) in [6.07, 6.45) is 4.74. The van der Waals surface area contributed by atoms with Gasteiger partial charge in [0.2, 0.25) is 0 Å². The van der Waals surface area contributed by atoms with Crippen LogP contribution in [0.3, 0.4) is 0 Å². The molecule has 2 aliphatic rings. The number of hydrogen-bond donors (Lipinski definition) is 2. The molecule has 2 heteroatoms. The van der Waals surface area contributed by atoms with Crippen molar-refractivity contribution < 1.29 is 0 Å². The molecule has 0 amide bonds. The summed E-state index contributed by atoms with van der Waals surface area (Å²) in [4.78, 5) is 0. The van der Waals surface area contributed by atoms with E-state index >= 15 is 0 Å². The number of fused-ring (bicyclic) bond motifs is 1. The van der Waals surface area contributed by atoms with E-state index < -0.39 is 0 Å². The minimum absolute atomic E-state index is 0.518. The van der Waals surface area contributed by atoms with Crippen LogP contribution in [0.2, 0.25) is 0 Å². The van der Waals surface area contributed by atoms with Crippen LogP contribution >= 0.6 is 0 Å². The van der Waals surface area contributed by atoms with Gasteiger partial charge in [0.25, 0.3) is 0 Å². The van der Waals surface area contributed by atoms with Crippen LogP contribution in [0.15, 0.2) is 0 Å². The molecule has 0 bridgehead atoms. The van der Waals surface area contributed by atoms with Gasteiger partial charge in [-0.2, -0.15) is 0 Å². The lowest BCUT2D eigenvalue weighted by Gasteiger charge is -2.38. The maximum absolute atomic E-state index is 3.60. The summed E-state index contributed by atoms with van der Waals surface area (Å²) < 4.78 is 0. The lowest BCUT2D eigenvalue weighted by molar-refractivity contribution is 0.202. The van der Waals surface area contributed by atoms with E-state index in [2.05, 4.69) is 24.5 Å². The average Bonchev–Trinajstić information content (AvgIpc) is 2.34. The molecule has 2 nitrogen and oxygen atoms in total. The molecule has 4 unspecified atom stereocenters. The van der Waals surface area contributed by atoms with Crippen LogP contribution in [0.5, 0.6) is 0 Å². The molecule has 2 N–H and O–H groups in total. The maximum Gasteiger partial charge on any atom is 0.0546 e. The first-order valence-corrected chi connectivity index (χ1v) is 4.79. The highest BCUT2D eigenvalue weighted by Crippen LogP contribution is 2.30. The van der Waals surface area contributed by atoms with Crippen molar-refractivity contribution in [2.24, 2.45) is 5.92 Å². The minimum Gasteiger partial charge on any atom is -0.299 e. The monoisotopic (exact) mass is 154 g/mol. The predicted octanol–water partition coefficient (Wildman–Crippen LogP) is 1.08. The second kappa shape index (κ2) is 2.76. The minimum atomic E-state index is 0.518. The Kier molecular flexibility index (Phi) is 1.90. The van der Waals surface area contributed by atoms with E-state index in [1.54, 1.807) is 0 Å². The molecule has 0 spiro atoms. The molecule has 1 heterocycles. The van der Waals surface area contributed by atoms with E-state index in [1.807, 2.05) is 0 Å². The van der Waals surface area contributed by atoms with Gasteiger partial charge in [-0.3, -0.25) is 10.6 Å². The van der Waals surface area contributed by atoms with E-state index in [-0.39, 0.29) is 0 Å². The summed E-state index contributed by atoms with van der Waals surface area (Å²) in [5.74, 6) is 0.895. The van der Waals surface area contributed by atoms with Crippen LogP contribution in [-0.4, -0.2) is 18.2 Å². The molecule has 1 aliphatic heterocycles. The molecule has 64 valence electrons. The van der Waals surface area contributed by atoms with Crippen molar-refractivity contribution in [1.82, 2.24) is 10.6 Å². The second-order valence-corrected chi connectivity index (χ2v) is 4.04. The molecule has 2 fully saturated rings. The van der Waals surface area contributed by atoms with Crippen LogP contribution in [0.25, 0.3) is 0 Å². The van der Waals surface area contributed by atoms with Crippen molar-refractivity contribution in [2.75, 3.05) is 0 Å². The Morgan fingerprint density at radius 3 is 2.73 bits per heavy atom. The standard InChI is InChI=1S/C9H18N2/c1-6-8-4-3-5-9(8)11-7(2)10-6/h6-11H,3-5H2,1-2H3. The molecule has 4 atom stereocenters. The van der Waals surface area contributed by atoms with Crippen LogP contribution in [0, 0.1) is 5.92 Å². The quantitative estimate of drug-likeness (QED) is 0.545. The van der Waals surface area contributed by atoms with Gasteiger partial charge in [0.1, 0.15) is 0 Å². The first-order chi connectivity index (χ1) is 5.27. The van der Waals surface area contributed by atoms with Crippen molar-refractivity contribution in [3.63, 3.8) is 0 Å². The van der Waals surface area contributed by atoms with E-state index in [4.69, 9.17) is 0 Å². The molecule has 11 heavy (non-hydrogen) atoms. The van der Waals surface area contributed by atoms with Crippen molar-refractivity contribution in [1.29, 1.82) is 0 Å². The Balaban J connectivity index is 2.04. The zero-order chi connectivity index (χ0) is 7.84. The van der Waals surface area contributed by atoms with E-state index in [0.29, 0.717) is 6.17 Å². The Labute approximate surface area is 68.7 Å². The molecular weight excluding hydrogens is 136 g/mol. The fraction of sp³-hybridized carbons (Fsp3) is 1.00. The zero-order valence-electron chi connectivity index (χ0n) is 7.43. The topological polar surface area (TPSA) is 24.1 Å². The third-order valence-corrected chi connectivity index (χ3v) is 3.19. The van der Waals surface area contributed by atoms with Crippen molar-refractivity contribution >= 4 is 0 Å². The third-order valence-electron chi connectivity index (χ3n) is 3.19. The summed E-state index contributed by atoms with van der Waals surface area (Å²) in [7, 11) is 0. The fourth-order valence-electron chi connectivity index (χ4n) is 2.68. The predicted molar refractivity (Wildman–Crippen MR) is 46.3 cm³/mol. The summed E-state index contributed by atoms with van der Waals surface area (Å²) in [5, 5.41) is 7.14. The summed E-state index contributed by atoms with van der Waals surface area (Å²) >= 11 is 0. The van der Waals surface area contributed by atoms with Crippen molar-refractivity contribution in [3.05, 3.63) is 0 Å². The first kappa shape index (κ1) is 7.56. The number of rotatable bonds is 0. The highest BCUT2D eigenvalue weighted by Gasteiger charge is 2.35. The summed E-state index contributed by atoms with van der Waals surface area (Å²) in [5.41, 5.74) is 0. The molecule has 0 radical (unpaired) electrons. The lowest BCUT2D eigenvalue weighted by atomic mass is 9.93. The highest BCUT2D eigenvalue weighted by atomic mass is 15.2. The smallest absolute Gasteiger partial charge is 0.0546 e. The largest absolute Gasteiger partial charge is 0.299 e. The van der Waals surface area contributed by atoms with E-state index in [9.17, 15) is 0 Å². The molecule has 0 aromatic heterocycles. The van der Waals surface area contributed by atoms with Gasteiger partial charge in [-0.25, -0.2) is 0 Å². The van der Waals surface area contributed by atoms with Crippen LogP contribution in [0.4, 0.5) is 0 Å². The lowest BCUT2D eigenvalue weighted by Crippen LogP contribution is -2.59. The zero-order valence-corrected chi connectivity index (χ0v) is 7.43. The SMILES string of the molecule is CC1NC(C)C2CCCC2N1. The van der Waals surface area contributed by atoms with Crippen LogP contribution in [0.1, 0.15) is 33.1 Å². The fourth-order valence-corrected chi connectivity index (χ4v) is 2.68. The van der Waals surface area contributed by atoms with Gasteiger partial charge in [0.15, 0.2) is 0 Å². The van der Waals surface area contributed by atoms with Gasteiger partial charge in [0, 0.05) is 12.1 Å². The van der Waals surface area contributed by atoms with Gasteiger partial charge in [-0.1, -0.05) is 6.42 Å². The molecule has 0 aromatic rings. The molecule has 2 rings (SSSR count). The maximum atomic E-state index is 3.60. The Bertz CT molecular complexity index is 146. The normalized spacial score (nSPS) is 50.7.